The smallest absolute Gasteiger partial charge is 0.358 e. The maximum absolute atomic E-state index is 11.4. The van der Waals surface area contributed by atoms with E-state index in [1.165, 1.54) is 18.2 Å². The lowest BCUT2D eigenvalue weighted by molar-refractivity contribution is -0.160. The molecular weight excluding hydrogens is 314 g/mol. The average Bonchev–Trinajstić information content (AvgIpc) is 2.35. The number of hydrogen-bond donors (Lipinski definition) is 2. The quantitative estimate of drug-likeness (QED) is 0.487. The summed E-state index contributed by atoms with van der Waals surface area (Å²) >= 11 is 5.71. The van der Waals surface area contributed by atoms with Crippen LogP contribution in [0.5, 0.6) is 5.75 Å². The Kier molecular flexibility index (Phi) is 5.76. The topological polar surface area (TPSA) is 105 Å². The normalized spacial score (nSPS) is 11.9. The van der Waals surface area contributed by atoms with Crippen LogP contribution in [0.3, 0.4) is 0 Å². The number of hydrogen-bond acceptors (Lipinski definition) is 6. The molecule has 22 heavy (non-hydrogen) atoms. The number of phenolic OH excluding ortho intramolecular Hbond substituents is 1. The Hall–Kier alpha value is -2.28. The molecule has 7 nitrogen and oxygen atoms in total. The molecule has 0 aliphatic heterocycles. The molecule has 0 atom stereocenters. The Morgan fingerprint density at radius 3 is 2.45 bits per heavy atom. The number of rotatable bonds is 5. The fourth-order valence-electron chi connectivity index (χ4n) is 1.39. The van der Waals surface area contributed by atoms with Crippen molar-refractivity contribution in [3.05, 3.63) is 28.8 Å². The third-order valence-electron chi connectivity index (χ3n) is 2.18. The highest BCUT2D eigenvalue weighted by atomic mass is 35.5. The number of benzene rings is 1. The van der Waals surface area contributed by atoms with Crippen molar-refractivity contribution in [1.29, 1.82) is 0 Å². The highest BCUT2D eigenvalue weighted by Crippen LogP contribution is 2.24. The van der Waals surface area contributed by atoms with Crippen molar-refractivity contribution in [3.63, 3.8) is 0 Å². The van der Waals surface area contributed by atoms with Crippen molar-refractivity contribution in [2.45, 2.75) is 26.4 Å². The maximum Gasteiger partial charge on any atom is 0.358 e. The van der Waals surface area contributed by atoms with Gasteiger partial charge in [0.25, 0.3) is 0 Å². The number of carbonyl (C=O) groups excluding carboxylic acids is 1. The molecular formula is C14H16ClNO6. The minimum absolute atomic E-state index is 0.0291. The molecule has 0 aliphatic carbocycles. The van der Waals surface area contributed by atoms with Gasteiger partial charge in [0.1, 0.15) is 11.4 Å². The van der Waals surface area contributed by atoms with Gasteiger partial charge in [-0.2, -0.15) is 0 Å². The fourth-order valence-corrected chi connectivity index (χ4v) is 1.57. The van der Waals surface area contributed by atoms with Gasteiger partial charge in [-0.3, -0.25) is 0 Å². The first-order chi connectivity index (χ1) is 10.1. The van der Waals surface area contributed by atoms with Crippen molar-refractivity contribution in [1.82, 2.24) is 0 Å². The second-order valence-corrected chi connectivity index (χ2v) is 5.68. The van der Waals surface area contributed by atoms with Crippen molar-refractivity contribution in [3.8, 4) is 5.75 Å². The van der Waals surface area contributed by atoms with E-state index in [1.807, 2.05) is 0 Å². The minimum Gasteiger partial charge on any atom is -0.506 e. The fraction of sp³-hybridized carbons (Fsp3) is 0.357. The van der Waals surface area contributed by atoms with E-state index in [-0.39, 0.29) is 16.3 Å². The molecule has 0 bridgehead atoms. The molecule has 8 heteroatoms. The summed E-state index contributed by atoms with van der Waals surface area (Å²) in [4.78, 5) is 27.3. The van der Waals surface area contributed by atoms with Crippen LogP contribution < -0.4 is 0 Å². The predicted octanol–water partition coefficient (Wildman–Crippen LogP) is 2.19. The molecule has 2 N–H and O–H groups in total. The maximum atomic E-state index is 11.4. The second-order valence-electron chi connectivity index (χ2n) is 5.27. The van der Waals surface area contributed by atoms with Gasteiger partial charge < -0.3 is 19.8 Å². The Morgan fingerprint density at radius 2 is 1.95 bits per heavy atom. The van der Waals surface area contributed by atoms with E-state index < -0.39 is 29.9 Å². The standard InChI is InChI=1S/C14H16ClNO6/c1-14(2,3)22-11(18)7-21-16-12(13(19)20)8-4-5-10(17)9(15)6-8/h4-6,17H,7H2,1-3H3,(H,19,20)/b16-12-. The summed E-state index contributed by atoms with van der Waals surface area (Å²) < 4.78 is 4.99. The number of halogens is 1. The van der Waals surface area contributed by atoms with E-state index >= 15 is 0 Å². The molecule has 120 valence electrons. The lowest BCUT2D eigenvalue weighted by Crippen LogP contribution is -2.26. The third-order valence-corrected chi connectivity index (χ3v) is 2.48. The van der Waals surface area contributed by atoms with E-state index in [9.17, 15) is 14.7 Å². The molecule has 0 aromatic heterocycles. The number of carbonyl (C=O) groups is 2. The van der Waals surface area contributed by atoms with Gasteiger partial charge in [-0.1, -0.05) is 16.8 Å². The van der Waals surface area contributed by atoms with Crippen molar-refractivity contribution < 1.29 is 29.4 Å². The Balaban J connectivity index is 2.81. The van der Waals surface area contributed by atoms with E-state index in [1.54, 1.807) is 20.8 Å². The van der Waals surface area contributed by atoms with Crippen LogP contribution in [0.2, 0.25) is 5.02 Å². The van der Waals surface area contributed by atoms with Crippen LogP contribution in [-0.2, 0) is 19.2 Å². The van der Waals surface area contributed by atoms with Crippen LogP contribution >= 0.6 is 11.6 Å². The summed E-state index contributed by atoms with van der Waals surface area (Å²) in [6.07, 6.45) is 0. The molecule has 0 spiro atoms. The Labute approximate surface area is 132 Å². The molecule has 0 saturated heterocycles. The van der Waals surface area contributed by atoms with E-state index in [4.69, 9.17) is 26.3 Å². The van der Waals surface area contributed by atoms with Gasteiger partial charge in [0, 0.05) is 5.56 Å². The number of ether oxygens (including phenoxy) is 1. The minimum atomic E-state index is -1.37. The summed E-state index contributed by atoms with van der Waals surface area (Å²) in [5.41, 5.74) is -1.01. The molecule has 0 heterocycles. The first-order valence-corrected chi connectivity index (χ1v) is 6.62. The van der Waals surface area contributed by atoms with E-state index in [0.29, 0.717) is 0 Å². The summed E-state index contributed by atoms with van der Waals surface area (Å²) in [5, 5.41) is 21.8. The SMILES string of the molecule is CC(C)(C)OC(=O)CO/N=C(\C(=O)O)c1ccc(O)c(Cl)c1. The van der Waals surface area contributed by atoms with Crippen LogP contribution in [0.25, 0.3) is 0 Å². The number of esters is 1. The Morgan fingerprint density at radius 1 is 1.32 bits per heavy atom. The summed E-state index contributed by atoms with van der Waals surface area (Å²) in [6.45, 7) is 4.54. The molecule has 1 aromatic carbocycles. The molecule has 0 unspecified atom stereocenters. The molecule has 0 saturated carbocycles. The van der Waals surface area contributed by atoms with Crippen molar-refractivity contribution >= 4 is 29.3 Å². The lowest BCUT2D eigenvalue weighted by Gasteiger charge is -2.18. The third kappa shape index (κ3) is 5.61. The number of aromatic hydroxyl groups is 1. The van der Waals surface area contributed by atoms with Gasteiger partial charge in [-0.15, -0.1) is 0 Å². The highest BCUT2D eigenvalue weighted by Gasteiger charge is 2.18. The van der Waals surface area contributed by atoms with Gasteiger partial charge >= 0.3 is 11.9 Å². The van der Waals surface area contributed by atoms with Crippen LogP contribution in [-0.4, -0.2) is 40.1 Å². The monoisotopic (exact) mass is 329 g/mol. The first kappa shape index (κ1) is 17.8. The van der Waals surface area contributed by atoms with Gasteiger partial charge in [-0.05, 0) is 39.0 Å². The number of oxime groups is 1. The molecule has 0 aliphatic rings. The average molecular weight is 330 g/mol. The summed E-state index contributed by atoms with van der Waals surface area (Å²) in [6, 6.07) is 3.76. The van der Waals surface area contributed by atoms with Crippen LogP contribution in [0.1, 0.15) is 26.3 Å². The number of phenols is 1. The zero-order valence-electron chi connectivity index (χ0n) is 12.3. The number of aliphatic carboxylic acids is 1. The van der Waals surface area contributed by atoms with Crippen LogP contribution in [0, 0.1) is 0 Å². The molecule has 0 fully saturated rings. The zero-order valence-corrected chi connectivity index (χ0v) is 13.0. The first-order valence-electron chi connectivity index (χ1n) is 6.24. The second kappa shape index (κ2) is 7.13. The van der Waals surface area contributed by atoms with Gasteiger partial charge in [0.05, 0.1) is 5.02 Å². The Bertz CT molecular complexity index is 606. The number of carboxylic acid groups (broad SMARTS) is 1. The number of nitrogens with zero attached hydrogens (tertiary/aromatic N) is 1. The van der Waals surface area contributed by atoms with Crippen LogP contribution in [0.15, 0.2) is 23.4 Å². The molecule has 1 aromatic rings. The lowest BCUT2D eigenvalue weighted by atomic mass is 10.1. The predicted molar refractivity (Wildman–Crippen MR) is 79.1 cm³/mol. The van der Waals surface area contributed by atoms with Gasteiger partial charge in [0.2, 0.25) is 6.61 Å². The largest absolute Gasteiger partial charge is 0.506 e. The zero-order chi connectivity index (χ0) is 16.9. The molecule has 0 amide bonds. The summed E-state index contributed by atoms with van der Waals surface area (Å²) in [5.74, 6) is -2.24. The van der Waals surface area contributed by atoms with Gasteiger partial charge in [0.15, 0.2) is 5.71 Å². The molecule has 0 radical (unpaired) electrons. The summed E-state index contributed by atoms with van der Waals surface area (Å²) in [7, 11) is 0. The van der Waals surface area contributed by atoms with Crippen molar-refractivity contribution in [2.75, 3.05) is 6.61 Å². The number of carboxylic acids is 1. The van der Waals surface area contributed by atoms with Gasteiger partial charge in [-0.25, -0.2) is 9.59 Å². The van der Waals surface area contributed by atoms with Crippen LogP contribution in [0.4, 0.5) is 0 Å². The van der Waals surface area contributed by atoms with E-state index in [0.717, 1.165) is 0 Å². The molecule has 1 rings (SSSR count). The highest BCUT2D eigenvalue weighted by molar-refractivity contribution is 6.43. The van der Waals surface area contributed by atoms with Crippen molar-refractivity contribution in [2.24, 2.45) is 5.16 Å². The van der Waals surface area contributed by atoms with E-state index in [2.05, 4.69) is 5.16 Å².